The molecule has 6 aromatic rings. The number of amides is 1. The molecule has 170 valence electrons. The van der Waals surface area contributed by atoms with Gasteiger partial charge in [0.25, 0.3) is 0 Å². The number of aromatic nitrogens is 7. The van der Waals surface area contributed by atoms with E-state index in [1.165, 1.54) is 0 Å². The van der Waals surface area contributed by atoms with Crippen molar-refractivity contribution in [3.05, 3.63) is 73.4 Å². The Morgan fingerprint density at radius 3 is 2.69 bits per heavy atom. The maximum atomic E-state index is 11.8. The lowest BCUT2D eigenvalue weighted by Gasteiger charge is -2.06. The number of anilines is 1. The molecule has 0 fully saturated rings. The lowest BCUT2D eigenvalue weighted by Crippen LogP contribution is -2.09. The number of nitrogens with one attached hydrogen (secondary N) is 3. The fourth-order valence-corrected chi connectivity index (χ4v) is 4.07. The third kappa shape index (κ3) is 3.78. The van der Waals surface area contributed by atoms with Crippen LogP contribution in [0.1, 0.15) is 13.3 Å². The molecular formula is C26H20N8O. The molecule has 0 aliphatic heterocycles. The van der Waals surface area contributed by atoms with Crippen LogP contribution in [0, 0.1) is 0 Å². The van der Waals surface area contributed by atoms with E-state index in [0.717, 1.165) is 50.2 Å². The minimum Gasteiger partial charge on any atom is -0.353 e. The van der Waals surface area contributed by atoms with E-state index in [4.69, 9.17) is 0 Å². The van der Waals surface area contributed by atoms with E-state index < -0.39 is 0 Å². The Morgan fingerprint density at radius 2 is 1.83 bits per heavy atom. The monoisotopic (exact) mass is 460 g/mol. The van der Waals surface area contributed by atoms with Gasteiger partial charge in [0.1, 0.15) is 5.69 Å². The number of rotatable bonds is 5. The van der Waals surface area contributed by atoms with Crippen LogP contribution in [0.2, 0.25) is 0 Å². The number of H-pyrrole nitrogens is 2. The van der Waals surface area contributed by atoms with Crippen LogP contribution >= 0.6 is 0 Å². The largest absolute Gasteiger partial charge is 0.353 e. The molecule has 6 heterocycles. The highest BCUT2D eigenvalue weighted by Gasteiger charge is 2.16. The zero-order valence-electron chi connectivity index (χ0n) is 18.8. The smallest absolute Gasteiger partial charge is 0.224 e. The van der Waals surface area contributed by atoms with Crippen molar-refractivity contribution < 1.29 is 4.79 Å². The second-order valence-corrected chi connectivity index (χ2v) is 8.08. The number of aromatic amines is 2. The summed E-state index contributed by atoms with van der Waals surface area (Å²) in [6, 6.07) is 13.7. The van der Waals surface area contributed by atoms with Gasteiger partial charge < -0.3 is 10.3 Å². The Morgan fingerprint density at radius 1 is 0.914 bits per heavy atom. The zero-order chi connectivity index (χ0) is 23.8. The molecule has 0 aliphatic carbocycles. The average Bonchev–Trinajstić information content (AvgIpc) is 3.53. The summed E-state index contributed by atoms with van der Waals surface area (Å²) in [6.07, 6.45) is 9.07. The number of carbonyl (C=O) groups is 1. The topological polar surface area (TPSA) is 125 Å². The average molecular weight is 461 g/mol. The van der Waals surface area contributed by atoms with Crippen molar-refractivity contribution >= 4 is 33.5 Å². The molecule has 0 radical (unpaired) electrons. The van der Waals surface area contributed by atoms with Gasteiger partial charge in [-0.1, -0.05) is 13.0 Å². The molecule has 0 aromatic carbocycles. The molecular weight excluding hydrogens is 440 g/mol. The van der Waals surface area contributed by atoms with Crippen molar-refractivity contribution in [3.8, 4) is 33.9 Å². The number of hydrogen-bond acceptors (Lipinski definition) is 6. The standard InChI is InChI=1S/C26H20N8O/c1-2-23(35)31-17-9-15(12-27-14-17)16-10-19-25(33-34-26(19)30-13-16)22-11-18-20(32-22)6-8-29-24(18)21-5-3-4-7-28-21/h3-14,32H,2H2,1H3,(H,31,35)(H,30,33,34). The second-order valence-electron chi connectivity index (χ2n) is 8.08. The summed E-state index contributed by atoms with van der Waals surface area (Å²) in [7, 11) is 0. The molecule has 35 heavy (non-hydrogen) atoms. The van der Waals surface area contributed by atoms with Gasteiger partial charge in [-0.3, -0.25) is 24.8 Å². The first-order valence-corrected chi connectivity index (χ1v) is 11.2. The number of pyridine rings is 4. The molecule has 0 bridgehead atoms. The molecule has 6 aromatic heterocycles. The van der Waals surface area contributed by atoms with Gasteiger partial charge in [0.05, 0.1) is 29.0 Å². The molecule has 9 nitrogen and oxygen atoms in total. The summed E-state index contributed by atoms with van der Waals surface area (Å²) in [5.41, 5.74) is 7.19. The molecule has 0 aliphatic rings. The number of nitrogens with zero attached hydrogens (tertiary/aromatic N) is 5. The summed E-state index contributed by atoms with van der Waals surface area (Å²) in [4.78, 5) is 33.1. The number of fused-ring (bicyclic) bond motifs is 2. The molecule has 0 saturated heterocycles. The van der Waals surface area contributed by atoms with Crippen molar-refractivity contribution in [2.24, 2.45) is 0 Å². The second kappa shape index (κ2) is 8.45. The van der Waals surface area contributed by atoms with E-state index in [-0.39, 0.29) is 5.91 Å². The molecule has 0 unspecified atom stereocenters. The van der Waals surface area contributed by atoms with Crippen LogP contribution < -0.4 is 5.32 Å². The minimum absolute atomic E-state index is 0.0620. The Balaban J connectivity index is 1.43. The predicted octanol–water partition coefficient (Wildman–Crippen LogP) is 4.97. The Kier molecular flexibility index (Phi) is 4.99. The van der Waals surface area contributed by atoms with Gasteiger partial charge in [-0.2, -0.15) is 5.10 Å². The van der Waals surface area contributed by atoms with Crippen LogP contribution in [0.4, 0.5) is 5.69 Å². The third-order valence-electron chi connectivity index (χ3n) is 5.80. The van der Waals surface area contributed by atoms with Crippen LogP contribution in [0.25, 0.3) is 55.8 Å². The van der Waals surface area contributed by atoms with E-state index in [0.29, 0.717) is 17.8 Å². The Bertz CT molecular complexity index is 1690. The van der Waals surface area contributed by atoms with Crippen LogP contribution in [-0.2, 0) is 4.79 Å². The quantitative estimate of drug-likeness (QED) is 0.333. The van der Waals surface area contributed by atoms with Crippen molar-refractivity contribution in [3.63, 3.8) is 0 Å². The highest BCUT2D eigenvalue weighted by molar-refractivity contribution is 5.99. The van der Waals surface area contributed by atoms with Crippen LogP contribution in [0.5, 0.6) is 0 Å². The normalized spacial score (nSPS) is 11.2. The lowest BCUT2D eigenvalue weighted by atomic mass is 10.1. The van der Waals surface area contributed by atoms with Crippen molar-refractivity contribution in [1.29, 1.82) is 0 Å². The SMILES string of the molecule is CCC(=O)Nc1cncc(-c2cnc3[nH]nc(-c4cc5c(-c6ccccn6)nccc5[nH]4)c3c2)c1. The summed E-state index contributed by atoms with van der Waals surface area (Å²) >= 11 is 0. The third-order valence-corrected chi connectivity index (χ3v) is 5.80. The van der Waals surface area contributed by atoms with Crippen molar-refractivity contribution in [1.82, 2.24) is 35.1 Å². The maximum Gasteiger partial charge on any atom is 0.224 e. The molecule has 9 heteroatoms. The van der Waals surface area contributed by atoms with E-state index in [1.54, 1.807) is 31.0 Å². The highest BCUT2D eigenvalue weighted by Crippen LogP contribution is 2.33. The Labute approximate surface area is 199 Å². The van der Waals surface area contributed by atoms with E-state index >= 15 is 0 Å². The first kappa shape index (κ1) is 20.7. The summed E-state index contributed by atoms with van der Waals surface area (Å²) < 4.78 is 0. The van der Waals surface area contributed by atoms with Crippen LogP contribution in [0.15, 0.2) is 73.4 Å². The summed E-state index contributed by atoms with van der Waals surface area (Å²) in [6.45, 7) is 1.81. The first-order valence-electron chi connectivity index (χ1n) is 11.2. The van der Waals surface area contributed by atoms with Gasteiger partial charge in [-0.15, -0.1) is 0 Å². The lowest BCUT2D eigenvalue weighted by molar-refractivity contribution is -0.115. The number of hydrogen-bond donors (Lipinski definition) is 3. The van der Waals surface area contributed by atoms with Gasteiger partial charge in [0.2, 0.25) is 5.91 Å². The summed E-state index contributed by atoms with van der Waals surface area (Å²) in [5.74, 6) is -0.0620. The van der Waals surface area contributed by atoms with Crippen molar-refractivity contribution in [2.75, 3.05) is 5.32 Å². The maximum absolute atomic E-state index is 11.8. The molecule has 0 spiro atoms. The van der Waals surface area contributed by atoms with Gasteiger partial charge in [-0.05, 0) is 36.4 Å². The van der Waals surface area contributed by atoms with Crippen molar-refractivity contribution in [2.45, 2.75) is 13.3 Å². The van der Waals surface area contributed by atoms with E-state index in [9.17, 15) is 4.79 Å². The van der Waals surface area contributed by atoms with Gasteiger partial charge in [0, 0.05) is 58.6 Å². The van der Waals surface area contributed by atoms with Gasteiger partial charge >= 0.3 is 0 Å². The molecule has 6 rings (SSSR count). The van der Waals surface area contributed by atoms with Crippen LogP contribution in [0.3, 0.4) is 0 Å². The highest BCUT2D eigenvalue weighted by atomic mass is 16.1. The predicted molar refractivity (Wildman–Crippen MR) is 134 cm³/mol. The molecule has 1 amide bonds. The molecule has 3 N–H and O–H groups in total. The zero-order valence-corrected chi connectivity index (χ0v) is 18.8. The van der Waals surface area contributed by atoms with E-state index in [1.807, 2.05) is 49.4 Å². The molecule has 0 atom stereocenters. The first-order chi connectivity index (χ1) is 17.2. The van der Waals surface area contributed by atoms with Gasteiger partial charge in [0.15, 0.2) is 5.65 Å². The fraction of sp³-hybridized carbons (Fsp3) is 0.0769. The van der Waals surface area contributed by atoms with Crippen LogP contribution in [-0.4, -0.2) is 41.0 Å². The summed E-state index contributed by atoms with van der Waals surface area (Å²) in [5, 5.41) is 12.2. The van der Waals surface area contributed by atoms with E-state index in [2.05, 4.69) is 40.4 Å². The fourth-order valence-electron chi connectivity index (χ4n) is 4.07. The van der Waals surface area contributed by atoms with Gasteiger partial charge in [-0.25, -0.2) is 4.98 Å². The number of carbonyl (C=O) groups excluding carboxylic acids is 1. The minimum atomic E-state index is -0.0620. The molecule has 0 saturated carbocycles. The Hall–Kier alpha value is -4.92.